The van der Waals surface area contributed by atoms with Gasteiger partial charge in [-0.2, -0.15) is 4.31 Å². The van der Waals surface area contributed by atoms with Gasteiger partial charge in [0.15, 0.2) is 0 Å². The number of carbonyl (C=O) groups excluding carboxylic acids is 1. The second kappa shape index (κ2) is 9.28. The van der Waals surface area contributed by atoms with Crippen LogP contribution in [0.1, 0.15) is 12.5 Å². The number of nitrogens with zero attached hydrogens (tertiary/aromatic N) is 2. The third-order valence-electron chi connectivity index (χ3n) is 4.19. The number of rotatable bonds is 8. The van der Waals surface area contributed by atoms with E-state index in [0.717, 1.165) is 25.2 Å². The van der Waals surface area contributed by atoms with Crippen molar-refractivity contribution in [2.75, 3.05) is 52.5 Å². The summed E-state index contributed by atoms with van der Waals surface area (Å²) in [6.07, 6.45) is 0. The molecule has 7 nitrogen and oxygen atoms in total. The van der Waals surface area contributed by atoms with E-state index in [1.165, 1.54) is 4.31 Å². The highest BCUT2D eigenvalue weighted by Crippen LogP contribution is 2.15. The van der Waals surface area contributed by atoms with E-state index in [1.807, 2.05) is 6.92 Å². The lowest BCUT2D eigenvalue weighted by Crippen LogP contribution is -2.44. The molecule has 0 atom stereocenters. The zero-order valence-electron chi connectivity index (χ0n) is 14.9. The van der Waals surface area contributed by atoms with E-state index < -0.39 is 10.0 Å². The minimum absolute atomic E-state index is 0.171. The van der Waals surface area contributed by atoms with Crippen LogP contribution in [0.2, 0.25) is 0 Å². The molecule has 0 radical (unpaired) electrons. The fourth-order valence-electron chi connectivity index (χ4n) is 2.62. The summed E-state index contributed by atoms with van der Waals surface area (Å²) < 4.78 is 31.8. The van der Waals surface area contributed by atoms with Crippen LogP contribution in [0.3, 0.4) is 0 Å². The van der Waals surface area contributed by atoms with Crippen LogP contribution in [0.15, 0.2) is 29.2 Å². The highest BCUT2D eigenvalue weighted by Gasteiger charge is 2.25. The molecule has 1 aliphatic rings. The van der Waals surface area contributed by atoms with E-state index in [2.05, 4.69) is 10.2 Å². The summed E-state index contributed by atoms with van der Waals surface area (Å²) in [5.41, 5.74) is 0.989. The second-order valence-corrected chi connectivity index (χ2v) is 7.99. The Labute approximate surface area is 150 Å². The topological polar surface area (TPSA) is 79.0 Å². The number of amides is 1. The fourth-order valence-corrected chi connectivity index (χ4v) is 4.03. The Bertz CT molecular complexity index is 655. The minimum Gasteiger partial charge on any atom is -0.379 e. The minimum atomic E-state index is -3.66. The van der Waals surface area contributed by atoms with Crippen LogP contribution in [0.25, 0.3) is 0 Å². The molecule has 1 heterocycles. The highest BCUT2D eigenvalue weighted by atomic mass is 32.2. The molecule has 1 aliphatic heterocycles. The van der Waals surface area contributed by atoms with Crippen molar-refractivity contribution in [3.63, 3.8) is 0 Å². The molecule has 2 rings (SSSR count). The molecule has 1 saturated heterocycles. The molecule has 140 valence electrons. The third-order valence-corrected chi connectivity index (χ3v) is 6.12. The number of aryl methyl sites for hydroxylation is 1. The van der Waals surface area contributed by atoms with Crippen LogP contribution in [0, 0.1) is 6.92 Å². The molecule has 8 heteroatoms. The van der Waals surface area contributed by atoms with Crippen molar-refractivity contribution in [1.82, 2.24) is 14.5 Å². The summed E-state index contributed by atoms with van der Waals surface area (Å²) in [6.45, 7) is 8.09. The van der Waals surface area contributed by atoms with Gasteiger partial charge in [0.2, 0.25) is 15.9 Å². The molecule has 1 N–H and O–H groups in total. The van der Waals surface area contributed by atoms with E-state index in [1.54, 1.807) is 31.2 Å². The number of morpholine rings is 1. The molecule has 0 bridgehead atoms. The number of carbonyl (C=O) groups is 1. The number of hydrogen-bond acceptors (Lipinski definition) is 5. The Morgan fingerprint density at radius 3 is 2.48 bits per heavy atom. The molecule has 1 amide bonds. The van der Waals surface area contributed by atoms with Crippen molar-refractivity contribution >= 4 is 15.9 Å². The number of likely N-dealkylation sites (N-methyl/N-ethyl adjacent to an activating group) is 1. The first-order valence-electron chi connectivity index (χ1n) is 8.57. The maximum Gasteiger partial charge on any atom is 0.243 e. The monoisotopic (exact) mass is 369 g/mol. The van der Waals surface area contributed by atoms with Crippen molar-refractivity contribution < 1.29 is 17.9 Å². The fraction of sp³-hybridized carbons (Fsp3) is 0.588. The van der Waals surface area contributed by atoms with Crippen LogP contribution in [-0.2, 0) is 19.6 Å². The average molecular weight is 369 g/mol. The Balaban J connectivity index is 1.87. The Kier molecular flexibility index (Phi) is 7.37. The van der Waals surface area contributed by atoms with Gasteiger partial charge in [-0.25, -0.2) is 8.42 Å². The summed E-state index contributed by atoms with van der Waals surface area (Å²) in [6, 6.07) is 6.65. The first-order valence-corrected chi connectivity index (χ1v) is 10.0. The first-order chi connectivity index (χ1) is 11.9. The normalized spacial score (nSPS) is 16.1. The summed E-state index contributed by atoms with van der Waals surface area (Å²) >= 11 is 0. The van der Waals surface area contributed by atoms with Crippen molar-refractivity contribution in [2.24, 2.45) is 0 Å². The van der Waals surface area contributed by atoms with Gasteiger partial charge in [-0.3, -0.25) is 9.69 Å². The first kappa shape index (κ1) is 19.8. The molecule has 0 saturated carbocycles. The summed E-state index contributed by atoms with van der Waals surface area (Å²) in [7, 11) is -3.66. The van der Waals surface area contributed by atoms with Gasteiger partial charge < -0.3 is 10.1 Å². The number of ether oxygens (including phenoxy) is 1. The molecule has 1 aromatic rings. The molecular weight excluding hydrogens is 342 g/mol. The third kappa shape index (κ3) is 5.78. The van der Waals surface area contributed by atoms with Crippen molar-refractivity contribution in [1.29, 1.82) is 0 Å². The van der Waals surface area contributed by atoms with Crippen molar-refractivity contribution in [3.8, 4) is 0 Å². The number of hydrogen-bond donors (Lipinski definition) is 1. The Hall–Kier alpha value is -1.48. The molecule has 1 aromatic carbocycles. The molecule has 25 heavy (non-hydrogen) atoms. The lowest BCUT2D eigenvalue weighted by molar-refractivity contribution is -0.121. The standard InChI is InChI=1S/C17H27N3O4S/c1-3-20(25(22,23)16-6-4-15(2)5-7-16)14-17(21)18-8-9-19-10-12-24-13-11-19/h4-7H,3,8-14H2,1-2H3,(H,18,21). The Morgan fingerprint density at radius 1 is 1.24 bits per heavy atom. The van der Waals surface area contributed by atoms with Crippen LogP contribution < -0.4 is 5.32 Å². The number of sulfonamides is 1. The molecule has 0 unspecified atom stereocenters. The van der Waals surface area contributed by atoms with Crippen LogP contribution >= 0.6 is 0 Å². The van der Waals surface area contributed by atoms with Gasteiger partial charge >= 0.3 is 0 Å². The lowest BCUT2D eigenvalue weighted by atomic mass is 10.2. The van der Waals surface area contributed by atoms with Gasteiger partial charge in [0.1, 0.15) is 0 Å². The lowest BCUT2D eigenvalue weighted by Gasteiger charge is -2.26. The second-order valence-electron chi connectivity index (χ2n) is 6.05. The van der Waals surface area contributed by atoms with Gasteiger partial charge in [0, 0.05) is 32.7 Å². The van der Waals surface area contributed by atoms with E-state index in [0.29, 0.717) is 19.8 Å². The molecule has 0 aromatic heterocycles. The van der Waals surface area contributed by atoms with Crippen LogP contribution in [0.5, 0.6) is 0 Å². The van der Waals surface area contributed by atoms with Gasteiger partial charge in [0.25, 0.3) is 0 Å². The summed E-state index contributed by atoms with van der Waals surface area (Å²) in [5, 5.41) is 2.80. The van der Waals surface area contributed by atoms with Gasteiger partial charge in [-0.05, 0) is 19.1 Å². The number of benzene rings is 1. The van der Waals surface area contributed by atoms with Crippen LogP contribution in [-0.4, -0.2) is 76.0 Å². The summed E-state index contributed by atoms with van der Waals surface area (Å²) in [5.74, 6) is -0.286. The average Bonchev–Trinajstić information content (AvgIpc) is 2.61. The summed E-state index contributed by atoms with van der Waals surface area (Å²) in [4.78, 5) is 14.5. The molecule has 1 fully saturated rings. The van der Waals surface area contributed by atoms with Crippen LogP contribution in [0.4, 0.5) is 0 Å². The smallest absolute Gasteiger partial charge is 0.243 e. The maximum absolute atomic E-state index is 12.7. The molecule has 0 spiro atoms. The predicted molar refractivity (Wildman–Crippen MR) is 95.9 cm³/mol. The zero-order chi connectivity index (χ0) is 18.3. The molecular formula is C17H27N3O4S. The van der Waals surface area contributed by atoms with E-state index in [-0.39, 0.29) is 23.9 Å². The van der Waals surface area contributed by atoms with Crippen molar-refractivity contribution in [2.45, 2.75) is 18.7 Å². The van der Waals surface area contributed by atoms with E-state index in [9.17, 15) is 13.2 Å². The Morgan fingerprint density at radius 2 is 1.88 bits per heavy atom. The molecule has 0 aliphatic carbocycles. The van der Waals surface area contributed by atoms with E-state index >= 15 is 0 Å². The van der Waals surface area contributed by atoms with Gasteiger partial charge in [-0.15, -0.1) is 0 Å². The van der Waals surface area contributed by atoms with Gasteiger partial charge in [0.05, 0.1) is 24.7 Å². The highest BCUT2D eigenvalue weighted by molar-refractivity contribution is 7.89. The SMILES string of the molecule is CCN(CC(=O)NCCN1CCOCC1)S(=O)(=O)c1ccc(C)cc1. The zero-order valence-corrected chi connectivity index (χ0v) is 15.7. The van der Waals surface area contributed by atoms with Crippen molar-refractivity contribution in [3.05, 3.63) is 29.8 Å². The maximum atomic E-state index is 12.7. The quantitative estimate of drug-likeness (QED) is 0.720. The largest absolute Gasteiger partial charge is 0.379 e. The van der Waals surface area contributed by atoms with Gasteiger partial charge in [-0.1, -0.05) is 24.6 Å². The van der Waals surface area contributed by atoms with E-state index in [4.69, 9.17) is 4.74 Å². The number of nitrogens with one attached hydrogen (secondary N) is 1. The predicted octanol–water partition coefficient (Wildman–Crippen LogP) is 0.454.